The number of hydrogen-bond donors (Lipinski definition) is 3. The first-order valence-electron chi connectivity index (χ1n) is 14.1. The number of aliphatic carboxylic acids is 1. The summed E-state index contributed by atoms with van der Waals surface area (Å²) >= 11 is 1.51. The highest BCUT2D eigenvalue weighted by Crippen LogP contribution is 2.39. The molecule has 0 unspecified atom stereocenters. The topological polar surface area (TPSA) is 149 Å². The lowest BCUT2D eigenvalue weighted by molar-refractivity contribution is -0.245. The molecule has 2 heterocycles. The normalized spacial score (nSPS) is 18.3. The van der Waals surface area contributed by atoms with E-state index in [9.17, 15) is 14.7 Å². The minimum atomic E-state index is -0.860. The number of carboxylic acids is 1. The quantitative estimate of drug-likeness (QED) is 0.140. The van der Waals surface area contributed by atoms with E-state index in [4.69, 9.17) is 14.6 Å². The second-order valence-electron chi connectivity index (χ2n) is 10.1. The Morgan fingerprint density at radius 2 is 1.65 bits per heavy atom. The maximum atomic E-state index is 12.3. The first kappa shape index (κ1) is 30.4. The molecule has 1 aliphatic rings. The van der Waals surface area contributed by atoms with Crippen molar-refractivity contribution in [3.63, 3.8) is 0 Å². The number of nitrogens with one attached hydrogen (secondary N) is 1. The van der Waals surface area contributed by atoms with Crippen molar-refractivity contribution < 1.29 is 29.3 Å². The highest BCUT2D eigenvalue weighted by Gasteiger charge is 2.32. The van der Waals surface area contributed by atoms with Crippen LogP contribution in [0.1, 0.15) is 61.2 Å². The van der Waals surface area contributed by atoms with Crippen molar-refractivity contribution in [2.75, 3.05) is 11.1 Å². The molecule has 0 aliphatic carbocycles. The van der Waals surface area contributed by atoms with Crippen molar-refractivity contribution in [1.82, 2.24) is 20.2 Å². The van der Waals surface area contributed by atoms with Gasteiger partial charge in [0.05, 0.1) is 24.5 Å². The van der Waals surface area contributed by atoms with E-state index in [1.54, 1.807) is 16.8 Å². The van der Waals surface area contributed by atoms with Crippen molar-refractivity contribution >= 4 is 29.3 Å². The minimum absolute atomic E-state index is 0.0296. The van der Waals surface area contributed by atoms with Crippen molar-refractivity contribution in [2.24, 2.45) is 0 Å². The third kappa shape index (κ3) is 8.48. The Hall–Kier alpha value is -4.10. The van der Waals surface area contributed by atoms with E-state index in [0.717, 1.165) is 22.4 Å². The highest BCUT2D eigenvalue weighted by atomic mass is 32.2. The number of para-hydroxylation sites is 1. The number of unbranched alkanes of at least 4 members (excludes halogenated alkanes) is 1. The average molecular weight is 604 g/mol. The number of ether oxygens (including phenoxy) is 2. The van der Waals surface area contributed by atoms with Gasteiger partial charge in [-0.1, -0.05) is 66.4 Å². The van der Waals surface area contributed by atoms with Crippen LogP contribution in [-0.2, 0) is 25.7 Å². The zero-order valence-electron chi connectivity index (χ0n) is 23.4. The lowest BCUT2D eigenvalue weighted by Crippen LogP contribution is -2.31. The molecule has 3 aromatic carbocycles. The number of carboxylic acid groups (broad SMARTS) is 1. The fraction of sp³-hybridized carbons (Fsp3) is 0.323. The number of benzene rings is 3. The van der Waals surface area contributed by atoms with Gasteiger partial charge in [0.2, 0.25) is 11.1 Å². The van der Waals surface area contributed by atoms with Crippen LogP contribution in [0.4, 0.5) is 5.69 Å². The number of thioether (sulfide) groups is 1. The van der Waals surface area contributed by atoms with Gasteiger partial charge in [-0.05, 0) is 58.7 Å². The van der Waals surface area contributed by atoms with Crippen molar-refractivity contribution in [2.45, 2.75) is 62.4 Å². The molecule has 0 saturated carbocycles. The molecule has 1 amide bonds. The maximum Gasteiger partial charge on any atom is 0.303 e. The van der Waals surface area contributed by atoms with Gasteiger partial charge in [0, 0.05) is 36.3 Å². The number of aromatic nitrogens is 4. The maximum absolute atomic E-state index is 12.3. The van der Waals surface area contributed by atoms with Gasteiger partial charge in [0.25, 0.3) is 0 Å². The molecule has 0 radical (unpaired) electrons. The SMILES string of the molecule is O=C(O)CCCCC(=O)Nc1ccc([C@@H]2O[C@H](CSc3nnnn3-c3ccccc3)C[C@H](c3ccc(CO)cc3)O2)cc1. The number of tetrazole rings is 1. The Balaban J connectivity index is 1.26. The summed E-state index contributed by atoms with van der Waals surface area (Å²) in [6.45, 7) is -0.0296. The van der Waals surface area contributed by atoms with E-state index in [0.29, 0.717) is 35.9 Å². The van der Waals surface area contributed by atoms with E-state index in [1.165, 1.54) is 11.8 Å². The Morgan fingerprint density at radius 3 is 2.37 bits per heavy atom. The Labute approximate surface area is 253 Å². The van der Waals surface area contributed by atoms with Crippen LogP contribution in [0.25, 0.3) is 5.69 Å². The number of anilines is 1. The molecule has 1 fully saturated rings. The van der Waals surface area contributed by atoms with E-state index in [-0.39, 0.29) is 37.6 Å². The zero-order chi connectivity index (χ0) is 30.0. The summed E-state index contributed by atoms with van der Waals surface area (Å²) < 4.78 is 14.5. The van der Waals surface area contributed by atoms with E-state index in [2.05, 4.69) is 20.8 Å². The smallest absolute Gasteiger partial charge is 0.303 e. The van der Waals surface area contributed by atoms with Gasteiger partial charge in [-0.3, -0.25) is 9.59 Å². The molecule has 224 valence electrons. The lowest BCUT2D eigenvalue weighted by Gasteiger charge is -2.36. The van der Waals surface area contributed by atoms with Crippen molar-refractivity contribution in [3.8, 4) is 5.69 Å². The molecule has 1 aromatic heterocycles. The summed E-state index contributed by atoms with van der Waals surface area (Å²) in [7, 11) is 0. The first-order chi connectivity index (χ1) is 21.0. The first-order valence-corrected chi connectivity index (χ1v) is 15.1. The molecular formula is C31H33N5O6S. The van der Waals surface area contributed by atoms with Crippen molar-refractivity contribution in [1.29, 1.82) is 0 Å². The largest absolute Gasteiger partial charge is 0.481 e. The summed E-state index contributed by atoms with van der Waals surface area (Å²) in [4.78, 5) is 22.9. The lowest BCUT2D eigenvalue weighted by atomic mass is 10.0. The third-order valence-electron chi connectivity index (χ3n) is 6.97. The van der Waals surface area contributed by atoms with Crippen LogP contribution in [0.5, 0.6) is 0 Å². The van der Waals surface area contributed by atoms with Crippen molar-refractivity contribution in [3.05, 3.63) is 95.6 Å². The molecule has 3 N–H and O–H groups in total. The predicted octanol–water partition coefficient (Wildman–Crippen LogP) is 5.08. The van der Waals surface area contributed by atoms with Crippen LogP contribution in [0.3, 0.4) is 0 Å². The number of aliphatic hydroxyl groups is 1. The predicted molar refractivity (Wildman–Crippen MR) is 159 cm³/mol. The molecular weight excluding hydrogens is 570 g/mol. The standard InChI is InChI=1S/C31H33N5O6S/c37-19-21-10-12-22(13-11-21)27-18-26(20-43-31-33-34-35-36(31)25-6-2-1-3-7-25)41-30(42-27)23-14-16-24(17-15-23)32-28(38)8-4-5-9-29(39)40/h1-3,6-7,10-17,26-27,30,37H,4-5,8-9,18-20H2,(H,32,38)(H,39,40)/t26-,27+,30+/m0/s1. The van der Waals surface area contributed by atoms with Gasteiger partial charge in [-0.15, -0.1) is 5.10 Å². The van der Waals surface area contributed by atoms with Crippen LogP contribution in [0.15, 0.2) is 84.0 Å². The number of rotatable bonds is 13. The van der Waals surface area contributed by atoms with Crippen LogP contribution >= 0.6 is 11.8 Å². The molecule has 5 rings (SSSR count). The number of aliphatic hydroxyl groups excluding tert-OH is 1. The monoisotopic (exact) mass is 603 g/mol. The summed E-state index contributed by atoms with van der Waals surface area (Å²) in [5.41, 5.74) is 4.13. The molecule has 11 nitrogen and oxygen atoms in total. The molecule has 0 spiro atoms. The average Bonchev–Trinajstić information content (AvgIpc) is 3.51. The Kier molecular flexibility index (Phi) is 10.5. The van der Waals surface area contributed by atoms with E-state index in [1.807, 2.05) is 66.7 Å². The summed E-state index contributed by atoms with van der Waals surface area (Å²) in [6, 6.07) is 24.7. The fourth-order valence-electron chi connectivity index (χ4n) is 4.70. The Bertz CT molecular complexity index is 1480. The van der Waals surface area contributed by atoms with Crippen LogP contribution in [0.2, 0.25) is 0 Å². The Morgan fingerprint density at radius 1 is 0.930 bits per heavy atom. The molecule has 12 heteroatoms. The number of carbonyl (C=O) groups is 2. The van der Waals surface area contributed by atoms with Gasteiger partial charge < -0.3 is 25.0 Å². The van der Waals surface area contributed by atoms with E-state index >= 15 is 0 Å². The van der Waals surface area contributed by atoms with Gasteiger partial charge >= 0.3 is 5.97 Å². The number of nitrogens with zero attached hydrogens (tertiary/aromatic N) is 4. The second-order valence-corrected chi connectivity index (χ2v) is 11.1. The summed E-state index contributed by atoms with van der Waals surface area (Å²) in [5.74, 6) is -0.431. The fourth-order valence-corrected chi connectivity index (χ4v) is 5.61. The van der Waals surface area contributed by atoms with Crippen LogP contribution in [-0.4, -0.2) is 54.2 Å². The van der Waals surface area contributed by atoms with Gasteiger partial charge in [-0.25, -0.2) is 0 Å². The molecule has 3 atom stereocenters. The highest BCUT2D eigenvalue weighted by molar-refractivity contribution is 7.99. The minimum Gasteiger partial charge on any atom is -0.481 e. The molecule has 1 aliphatic heterocycles. The van der Waals surface area contributed by atoms with Gasteiger partial charge in [-0.2, -0.15) is 4.68 Å². The number of carbonyl (C=O) groups excluding carboxylic acids is 1. The van der Waals surface area contributed by atoms with Gasteiger partial charge in [0.1, 0.15) is 0 Å². The van der Waals surface area contributed by atoms with E-state index < -0.39 is 12.3 Å². The molecule has 4 aromatic rings. The van der Waals surface area contributed by atoms with Gasteiger partial charge in [0.15, 0.2) is 6.29 Å². The number of amides is 1. The number of hydrogen-bond acceptors (Lipinski definition) is 9. The zero-order valence-corrected chi connectivity index (χ0v) is 24.2. The molecule has 1 saturated heterocycles. The summed E-state index contributed by atoms with van der Waals surface area (Å²) in [6.07, 6.45) is 0.829. The second kappa shape index (κ2) is 14.9. The summed E-state index contributed by atoms with van der Waals surface area (Å²) in [5, 5.41) is 33.9. The van der Waals surface area contributed by atoms with Crippen LogP contribution < -0.4 is 5.32 Å². The molecule has 43 heavy (non-hydrogen) atoms. The third-order valence-corrected chi connectivity index (χ3v) is 8.02. The van der Waals surface area contributed by atoms with Crippen LogP contribution in [0, 0.1) is 0 Å². The molecule has 0 bridgehead atoms.